The van der Waals surface area contributed by atoms with Gasteiger partial charge in [-0.25, -0.2) is 0 Å². The summed E-state index contributed by atoms with van der Waals surface area (Å²) in [6.45, 7) is 4.56. The highest BCUT2D eigenvalue weighted by molar-refractivity contribution is 6.00. The maximum absolute atomic E-state index is 13.5. The molecule has 2 amide bonds. The minimum atomic E-state index is -0.898. The minimum Gasteiger partial charge on any atom is -0.361 e. The highest BCUT2D eigenvalue weighted by atomic mass is 16.5. The van der Waals surface area contributed by atoms with E-state index >= 15 is 0 Å². The zero-order valence-corrected chi connectivity index (χ0v) is 15.9. The van der Waals surface area contributed by atoms with Gasteiger partial charge >= 0.3 is 0 Å². The van der Waals surface area contributed by atoms with Crippen molar-refractivity contribution < 1.29 is 14.3 Å². The summed E-state index contributed by atoms with van der Waals surface area (Å²) < 4.78 is 6.10. The van der Waals surface area contributed by atoms with Crippen molar-refractivity contribution in [3.8, 4) is 0 Å². The third-order valence-corrected chi connectivity index (χ3v) is 6.01. The van der Waals surface area contributed by atoms with Crippen LogP contribution >= 0.6 is 0 Å². The molecule has 27 heavy (non-hydrogen) atoms. The van der Waals surface area contributed by atoms with Crippen LogP contribution in [0.3, 0.4) is 0 Å². The molecule has 0 N–H and O–H groups in total. The maximum atomic E-state index is 13.5. The van der Waals surface area contributed by atoms with Crippen LogP contribution in [0.25, 0.3) is 0 Å². The highest BCUT2D eigenvalue weighted by Crippen LogP contribution is 2.32. The Kier molecular flexibility index (Phi) is 5.45. The fraction of sp³-hybridized carbons (Fsp3) is 0.619. The summed E-state index contributed by atoms with van der Waals surface area (Å²) in [7, 11) is 0. The first-order valence-corrected chi connectivity index (χ1v) is 10.2. The van der Waals surface area contributed by atoms with Crippen LogP contribution in [0.5, 0.6) is 0 Å². The topological polar surface area (TPSA) is 53.1 Å². The largest absolute Gasteiger partial charge is 0.361 e. The Morgan fingerprint density at radius 1 is 1.00 bits per heavy atom. The first-order chi connectivity index (χ1) is 13.2. The molecule has 3 heterocycles. The second kappa shape index (κ2) is 7.98. The maximum Gasteiger partial charge on any atom is 0.261 e. The molecule has 0 bridgehead atoms. The molecule has 1 unspecified atom stereocenters. The number of benzene rings is 1. The summed E-state index contributed by atoms with van der Waals surface area (Å²) in [6, 6.07) is 9.80. The predicted octanol–water partition coefficient (Wildman–Crippen LogP) is 1.90. The molecule has 0 aromatic heterocycles. The van der Waals surface area contributed by atoms with E-state index in [2.05, 4.69) is 4.90 Å². The SMILES string of the molecule is O=C(CN1CCCC1)N1CCOC2(CCCCN(c3ccccc3)C2=O)C1. The average Bonchev–Trinajstić information content (AvgIpc) is 3.16. The van der Waals surface area contributed by atoms with E-state index in [0.29, 0.717) is 39.2 Å². The first-order valence-electron chi connectivity index (χ1n) is 10.2. The van der Waals surface area contributed by atoms with Gasteiger partial charge in [0.2, 0.25) is 5.91 Å². The first kappa shape index (κ1) is 18.4. The monoisotopic (exact) mass is 371 g/mol. The number of carbonyl (C=O) groups is 2. The molecular weight excluding hydrogens is 342 g/mol. The molecule has 4 rings (SSSR count). The number of likely N-dealkylation sites (tertiary alicyclic amines) is 1. The predicted molar refractivity (Wildman–Crippen MR) is 104 cm³/mol. The summed E-state index contributed by atoms with van der Waals surface area (Å²) in [5, 5.41) is 0. The van der Waals surface area contributed by atoms with Gasteiger partial charge in [-0.3, -0.25) is 14.5 Å². The quantitative estimate of drug-likeness (QED) is 0.814. The Hall–Kier alpha value is -1.92. The molecule has 6 nitrogen and oxygen atoms in total. The Balaban J connectivity index is 1.51. The van der Waals surface area contributed by atoms with Crippen molar-refractivity contribution in [2.24, 2.45) is 0 Å². The summed E-state index contributed by atoms with van der Waals surface area (Å²) in [5.74, 6) is 0.132. The van der Waals surface area contributed by atoms with Crippen molar-refractivity contribution in [3.05, 3.63) is 30.3 Å². The summed E-state index contributed by atoms with van der Waals surface area (Å²) in [6.07, 6.45) is 4.91. The summed E-state index contributed by atoms with van der Waals surface area (Å²) in [4.78, 5) is 32.2. The van der Waals surface area contributed by atoms with Crippen LogP contribution in [-0.2, 0) is 14.3 Å². The number of para-hydroxylation sites is 1. The van der Waals surface area contributed by atoms with Crippen molar-refractivity contribution in [1.29, 1.82) is 0 Å². The van der Waals surface area contributed by atoms with Crippen LogP contribution in [0.4, 0.5) is 5.69 Å². The van der Waals surface area contributed by atoms with Crippen LogP contribution in [0, 0.1) is 0 Å². The third kappa shape index (κ3) is 3.87. The van der Waals surface area contributed by atoms with Gasteiger partial charge in [0.25, 0.3) is 5.91 Å². The summed E-state index contributed by atoms with van der Waals surface area (Å²) >= 11 is 0. The molecule has 3 saturated heterocycles. The molecule has 0 radical (unpaired) electrons. The van der Waals surface area contributed by atoms with Gasteiger partial charge in [0.15, 0.2) is 5.60 Å². The third-order valence-electron chi connectivity index (χ3n) is 6.01. The highest BCUT2D eigenvalue weighted by Gasteiger charge is 2.48. The number of hydrogen-bond donors (Lipinski definition) is 0. The fourth-order valence-electron chi connectivity index (χ4n) is 4.50. The van der Waals surface area contributed by atoms with Gasteiger partial charge in [-0.05, 0) is 57.3 Å². The van der Waals surface area contributed by atoms with Crippen LogP contribution in [0.15, 0.2) is 30.3 Å². The number of rotatable bonds is 3. The van der Waals surface area contributed by atoms with E-state index in [1.807, 2.05) is 40.1 Å². The smallest absolute Gasteiger partial charge is 0.261 e. The Bertz CT molecular complexity index is 675. The molecule has 3 aliphatic heterocycles. The number of anilines is 1. The Morgan fingerprint density at radius 3 is 2.52 bits per heavy atom. The Labute approximate surface area is 161 Å². The van der Waals surface area contributed by atoms with Crippen molar-refractivity contribution in [2.45, 2.75) is 37.7 Å². The van der Waals surface area contributed by atoms with Gasteiger partial charge in [0.1, 0.15) is 0 Å². The Morgan fingerprint density at radius 2 is 1.74 bits per heavy atom. The molecule has 3 fully saturated rings. The molecule has 1 spiro atoms. The van der Waals surface area contributed by atoms with Crippen molar-refractivity contribution in [1.82, 2.24) is 9.80 Å². The molecule has 3 aliphatic rings. The zero-order valence-electron chi connectivity index (χ0n) is 15.9. The lowest BCUT2D eigenvalue weighted by atomic mass is 9.94. The second-order valence-corrected chi connectivity index (χ2v) is 7.89. The van der Waals surface area contributed by atoms with Gasteiger partial charge in [-0.1, -0.05) is 18.2 Å². The average molecular weight is 371 g/mol. The molecule has 1 atom stereocenters. The number of morpholine rings is 1. The minimum absolute atomic E-state index is 0.00451. The van der Waals surface area contributed by atoms with Crippen LogP contribution in [-0.4, -0.2) is 73.1 Å². The van der Waals surface area contributed by atoms with E-state index in [1.54, 1.807) is 0 Å². The lowest BCUT2D eigenvalue weighted by Gasteiger charge is -2.43. The lowest BCUT2D eigenvalue weighted by molar-refractivity contribution is -0.165. The fourth-order valence-corrected chi connectivity index (χ4v) is 4.50. The molecule has 0 saturated carbocycles. The molecule has 0 aliphatic carbocycles. The zero-order chi connectivity index (χ0) is 18.7. The number of nitrogens with zero attached hydrogens (tertiary/aromatic N) is 3. The van der Waals surface area contributed by atoms with E-state index < -0.39 is 5.60 Å². The van der Waals surface area contributed by atoms with Crippen LogP contribution < -0.4 is 4.90 Å². The number of ether oxygens (including phenoxy) is 1. The number of carbonyl (C=O) groups excluding carboxylic acids is 2. The normalized spacial score (nSPS) is 27.2. The van der Waals surface area contributed by atoms with Gasteiger partial charge < -0.3 is 14.5 Å². The van der Waals surface area contributed by atoms with E-state index in [9.17, 15) is 9.59 Å². The molecule has 146 valence electrons. The molecule has 6 heteroatoms. The molecule has 1 aromatic carbocycles. The van der Waals surface area contributed by atoms with Gasteiger partial charge in [0, 0.05) is 18.8 Å². The lowest BCUT2D eigenvalue weighted by Crippen LogP contribution is -2.61. The van der Waals surface area contributed by atoms with Crippen LogP contribution in [0.2, 0.25) is 0 Å². The van der Waals surface area contributed by atoms with Crippen molar-refractivity contribution in [2.75, 3.05) is 50.8 Å². The second-order valence-electron chi connectivity index (χ2n) is 7.89. The van der Waals surface area contributed by atoms with E-state index in [0.717, 1.165) is 31.6 Å². The van der Waals surface area contributed by atoms with E-state index in [4.69, 9.17) is 4.74 Å². The van der Waals surface area contributed by atoms with Gasteiger partial charge in [-0.15, -0.1) is 0 Å². The van der Waals surface area contributed by atoms with Crippen molar-refractivity contribution >= 4 is 17.5 Å². The van der Waals surface area contributed by atoms with Crippen LogP contribution in [0.1, 0.15) is 32.1 Å². The summed E-state index contributed by atoms with van der Waals surface area (Å²) in [5.41, 5.74) is 0.0125. The standard InChI is InChI=1S/C21H29N3O3/c25-19(16-22-11-6-7-12-22)23-14-15-27-21(17-23)10-4-5-13-24(20(21)26)18-8-2-1-3-9-18/h1-3,8-9H,4-7,10-17H2. The van der Waals surface area contributed by atoms with Gasteiger partial charge in [-0.2, -0.15) is 0 Å². The van der Waals surface area contributed by atoms with E-state index in [-0.39, 0.29) is 11.8 Å². The number of amides is 2. The van der Waals surface area contributed by atoms with E-state index in [1.165, 1.54) is 12.8 Å². The van der Waals surface area contributed by atoms with Crippen molar-refractivity contribution in [3.63, 3.8) is 0 Å². The molecular formula is C21H29N3O3. The van der Waals surface area contributed by atoms with Gasteiger partial charge in [0.05, 0.1) is 19.7 Å². The molecule has 1 aromatic rings. The number of hydrogen-bond acceptors (Lipinski definition) is 4.